The largest absolute Gasteiger partial charge is 0.385 e. The van der Waals surface area contributed by atoms with Crippen molar-refractivity contribution >= 4 is 15.9 Å². The van der Waals surface area contributed by atoms with Crippen molar-refractivity contribution in [3.63, 3.8) is 0 Å². The summed E-state index contributed by atoms with van der Waals surface area (Å²) in [6.07, 6.45) is 5.97. The summed E-state index contributed by atoms with van der Waals surface area (Å²) in [4.78, 5) is 0.476. The molecule has 1 aromatic rings. The molecule has 1 N–H and O–H groups in total. The van der Waals surface area contributed by atoms with Crippen LogP contribution >= 0.6 is 15.9 Å². The Labute approximate surface area is 111 Å². The molecule has 2 aliphatic carbocycles. The van der Waals surface area contributed by atoms with Crippen molar-refractivity contribution in [1.82, 2.24) is 0 Å². The van der Waals surface area contributed by atoms with E-state index in [4.69, 9.17) is 0 Å². The molecule has 4 atom stereocenters. The molecule has 2 aliphatic rings. The highest BCUT2D eigenvalue weighted by Crippen LogP contribution is 2.54. The number of fused-ring (bicyclic) bond motifs is 2. The third-order valence-electron chi connectivity index (χ3n) is 4.72. The smallest absolute Gasteiger partial charge is 0.0963 e. The van der Waals surface area contributed by atoms with Gasteiger partial charge in [-0.25, -0.2) is 0 Å². The Morgan fingerprint density at radius 1 is 1.06 bits per heavy atom. The van der Waals surface area contributed by atoms with Crippen LogP contribution in [0.25, 0.3) is 0 Å². The molecule has 2 saturated carbocycles. The summed E-state index contributed by atoms with van der Waals surface area (Å²) in [7, 11) is 0. The van der Waals surface area contributed by atoms with E-state index in [0.29, 0.717) is 16.7 Å². The number of hydrogen-bond donors (Lipinski definition) is 1. The number of alkyl halides is 1. The summed E-state index contributed by atoms with van der Waals surface area (Å²) in [5.74, 6) is 0.842. The van der Waals surface area contributed by atoms with Crippen molar-refractivity contribution in [2.75, 3.05) is 0 Å². The summed E-state index contributed by atoms with van der Waals surface area (Å²) in [5, 5.41) is 11.3. The average molecular weight is 295 g/mol. The molecule has 0 radical (unpaired) electrons. The van der Waals surface area contributed by atoms with Crippen LogP contribution in [-0.2, 0) is 5.60 Å². The van der Waals surface area contributed by atoms with E-state index in [1.165, 1.54) is 19.3 Å². The molecule has 0 heterocycles. The lowest BCUT2D eigenvalue weighted by Crippen LogP contribution is -2.52. The van der Waals surface area contributed by atoms with Gasteiger partial charge in [0.2, 0.25) is 0 Å². The van der Waals surface area contributed by atoms with Gasteiger partial charge in [0.1, 0.15) is 0 Å². The van der Waals surface area contributed by atoms with Gasteiger partial charge in [-0.1, -0.05) is 52.7 Å². The first-order valence-corrected chi connectivity index (χ1v) is 7.56. The number of rotatable bonds is 1. The Hall–Kier alpha value is -0.340. The fourth-order valence-electron chi connectivity index (χ4n) is 3.86. The second-order valence-corrected chi connectivity index (χ2v) is 6.70. The van der Waals surface area contributed by atoms with Crippen molar-refractivity contribution in [3.8, 4) is 0 Å². The van der Waals surface area contributed by atoms with Crippen molar-refractivity contribution in [1.29, 1.82) is 0 Å². The molecule has 0 spiro atoms. The minimum atomic E-state index is -0.591. The van der Waals surface area contributed by atoms with Gasteiger partial charge in [0.15, 0.2) is 0 Å². The van der Waals surface area contributed by atoms with Gasteiger partial charge in [-0.05, 0) is 37.2 Å². The third-order valence-corrected chi connectivity index (χ3v) is 5.82. The monoisotopic (exact) mass is 294 g/mol. The molecular formula is C15H19BrO. The van der Waals surface area contributed by atoms with Gasteiger partial charge in [-0.3, -0.25) is 0 Å². The van der Waals surface area contributed by atoms with Gasteiger partial charge < -0.3 is 5.11 Å². The quantitative estimate of drug-likeness (QED) is 0.780. The second kappa shape index (κ2) is 4.40. The summed E-state index contributed by atoms with van der Waals surface area (Å²) >= 11 is 3.79. The fourth-order valence-corrected chi connectivity index (χ4v) is 4.80. The zero-order valence-corrected chi connectivity index (χ0v) is 11.6. The molecule has 2 bridgehead atoms. The summed E-state index contributed by atoms with van der Waals surface area (Å²) in [6, 6.07) is 10.3. The predicted octanol–water partition coefficient (Wildman–Crippen LogP) is 3.85. The molecule has 1 aromatic carbocycles. The van der Waals surface area contributed by atoms with E-state index in [2.05, 4.69) is 28.1 Å². The van der Waals surface area contributed by atoms with Gasteiger partial charge in [-0.2, -0.15) is 0 Å². The van der Waals surface area contributed by atoms with Gasteiger partial charge in [-0.15, -0.1) is 0 Å². The zero-order chi connectivity index (χ0) is 11.9. The highest BCUT2D eigenvalue weighted by atomic mass is 79.9. The van der Waals surface area contributed by atoms with Crippen molar-refractivity contribution < 1.29 is 5.11 Å². The van der Waals surface area contributed by atoms with E-state index in [1.807, 2.05) is 18.2 Å². The standard InChI is InChI=1S/C15H19BrO/c16-14-10-9-12-7-4-8-13(14)15(12,17)11-5-2-1-3-6-11/h1-3,5-6,12-14,17H,4,7-10H2/t12-,13+,14+,15-/m1/s1. The lowest BCUT2D eigenvalue weighted by atomic mass is 9.59. The van der Waals surface area contributed by atoms with Gasteiger partial charge in [0.05, 0.1) is 5.60 Å². The minimum absolute atomic E-state index is 0.386. The van der Waals surface area contributed by atoms with Crippen molar-refractivity contribution in [2.45, 2.75) is 42.5 Å². The number of benzene rings is 1. The Balaban J connectivity index is 2.04. The maximum atomic E-state index is 11.3. The first-order valence-electron chi connectivity index (χ1n) is 6.65. The molecule has 2 heteroatoms. The van der Waals surface area contributed by atoms with Gasteiger partial charge in [0, 0.05) is 10.7 Å². The summed E-state index contributed by atoms with van der Waals surface area (Å²) in [6.45, 7) is 0. The number of aliphatic hydroxyl groups is 1. The van der Waals surface area contributed by atoms with E-state index >= 15 is 0 Å². The van der Waals surface area contributed by atoms with Crippen LogP contribution in [-0.4, -0.2) is 9.93 Å². The summed E-state index contributed by atoms with van der Waals surface area (Å²) < 4.78 is 0. The average Bonchev–Trinajstić information content (AvgIpc) is 2.35. The lowest BCUT2D eigenvalue weighted by molar-refractivity contribution is -0.122. The maximum Gasteiger partial charge on any atom is 0.0963 e. The lowest BCUT2D eigenvalue weighted by Gasteiger charge is -2.52. The van der Waals surface area contributed by atoms with Crippen LogP contribution in [0.4, 0.5) is 0 Å². The number of halogens is 1. The normalized spacial score (nSPS) is 41.2. The van der Waals surface area contributed by atoms with Crippen molar-refractivity contribution in [2.24, 2.45) is 11.8 Å². The molecule has 0 aliphatic heterocycles. The Bertz CT molecular complexity index is 391. The molecule has 17 heavy (non-hydrogen) atoms. The van der Waals surface area contributed by atoms with Gasteiger partial charge in [0.25, 0.3) is 0 Å². The first-order chi connectivity index (χ1) is 8.23. The fraction of sp³-hybridized carbons (Fsp3) is 0.600. The van der Waals surface area contributed by atoms with Crippen LogP contribution in [0.2, 0.25) is 0 Å². The predicted molar refractivity (Wildman–Crippen MR) is 73.1 cm³/mol. The van der Waals surface area contributed by atoms with E-state index < -0.39 is 5.60 Å². The summed E-state index contributed by atoms with van der Waals surface area (Å²) in [5.41, 5.74) is 0.533. The van der Waals surface area contributed by atoms with E-state index in [0.717, 1.165) is 18.4 Å². The maximum absolute atomic E-state index is 11.3. The van der Waals surface area contributed by atoms with E-state index in [1.54, 1.807) is 0 Å². The Morgan fingerprint density at radius 2 is 1.82 bits per heavy atom. The Morgan fingerprint density at radius 3 is 2.59 bits per heavy atom. The SMILES string of the molecule is O[C@]1(c2ccccc2)[C@@H]2CCC[C@H]1[C@@H](Br)CC2. The molecule has 92 valence electrons. The molecule has 0 unspecified atom stereocenters. The number of hydrogen-bond acceptors (Lipinski definition) is 1. The molecular weight excluding hydrogens is 276 g/mol. The van der Waals surface area contributed by atoms with Gasteiger partial charge >= 0.3 is 0 Å². The molecule has 1 nitrogen and oxygen atoms in total. The van der Waals surface area contributed by atoms with Crippen LogP contribution in [0.1, 0.15) is 37.7 Å². The first kappa shape index (κ1) is 11.7. The highest BCUT2D eigenvalue weighted by Gasteiger charge is 2.52. The third kappa shape index (κ3) is 1.77. The molecule has 0 aromatic heterocycles. The van der Waals surface area contributed by atoms with E-state index in [-0.39, 0.29) is 0 Å². The van der Waals surface area contributed by atoms with Crippen LogP contribution in [0.15, 0.2) is 30.3 Å². The minimum Gasteiger partial charge on any atom is -0.385 e. The van der Waals surface area contributed by atoms with Crippen LogP contribution in [0.5, 0.6) is 0 Å². The molecule has 0 amide bonds. The van der Waals surface area contributed by atoms with Crippen LogP contribution in [0.3, 0.4) is 0 Å². The van der Waals surface area contributed by atoms with Crippen molar-refractivity contribution in [3.05, 3.63) is 35.9 Å². The molecule has 2 fully saturated rings. The Kier molecular flexibility index (Phi) is 3.04. The van der Waals surface area contributed by atoms with E-state index in [9.17, 15) is 5.11 Å². The zero-order valence-electron chi connectivity index (χ0n) is 9.98. The topological polar surface area (TPSA) is 20.2 Å². The van der Waals surface area contributed by atoms with Crippen LogP contribution in [0, 0.1) is 11.8 Å². The molecule has 0 saturated heterocycles. The highest BCUT2D eigenvalue weighted by molar-refractivity contribution is 9.09. The second-order valence-electron chi connectivity index (χ2n) is 5.52. The molecule has 3 rings (SSSR count). The van der Waals surface area contributed by atoms with Crippen LogP contribution < -0.4 is 0 Å².